The lowest BCUT2D eigenvalue weighted by Crippen LogP contribution is -2.15. The summed E-state index contributed by atoms with van der Waals surface area (Å²) in [7, 11) is 0. The molecule has 2 heterocycles. The number of rotatable bonds is 5. The number of anilines is 1. The number of primary amides is 1. The molecule has 38 heavy (non-hydrogen) atoms. The van der Waals surface area contributed by atoms with E-state index < -0.39 is 5.91 Å². The average molecular weight is 503 g/mol. The van der Waals surface area contributed by atoms with Crippen LogP contribution in [-0.2, 0) is 5.41 Å². The Morgan fingerprint density at radius 3 is 2.34 bits per heavy atom. The first-order valence-corrected chi connectivity index (χ1v) is 12.5. The molecule has 5 rings (SSSR count). The van der Waals surface area contributed by atoms with E-state index in [1.165, 1.54) is 5.56 Å². The topological polar surface area (TPSA) is 101 Å². The molecule has 0 saturated carbocycles. The number of nitrogens with zero attached hydrogens (tertiary/aromatic N) is 1. The number of aromatic amines is 1. The van der Waals surface area contributed by atoms with Crippen LogP contribution in [0.25, 0.3) is 33.3 Å². The first kappa shape index (κ1) is 25.0. The van der Waals surface area contributed by atoms with Crippen LogP contribution in [0.1, 0.15) is 52.6 Å². The number of amides is 2. The second-order valence-electron chi connectivity index (χ2n) is 10.5. The maximum atomic E-state index is 13.1. The van der Waals surface area contributed by atoms with Gasteiger partial charge in [-0.25, -0.2) is 0 Å². The SMILES string of the molecule is Cc1c(NC(=O)c2ccc(C(C)(C)C)cc2)cccc1-c1ccc(C(N)=O)c2[nH]c(-c3cccnc3)cc12. The molecule has 0 saturated heterocycles. The molecule has 0 aliphatic heterocycles. The number of hydrogen-bond acceptors (Lipinski definition) is 3. The summed E-state index contributed by atoms with van der Waals surface area (Å²) in [4.78, 5) is 32.9. The van der Waals surface area contributed by atoms with Crippen molar-refractivity contribution in [3.05, 3.63) is 107 Å². The van der Waals surface area contributed by atoms with Gasteiger partial charge in [-0.3, -0.25) is 14.6 Å². The van der Waals surface area contributed by atoms with Gasteiger partial charge >= 0.3 is 0 Å². The third-order valence-corrected chi connectivity index (χ3v) is 6.92. The van der Waals surface area contributed by atoms with Gasteiger partial charge in [0.1, 0.15) is 0 Å². The van der Waals surface area contributed by atoms with Crippen LogP contribution in [0.2, 0.25) is 0 Å². The number of carbonyl (C=O) groups excluding carboxylic acids is 2. The molecule has 0 spiro atoms. The fourth-order valence-corrected chi connectivity index (χ4v) is 4.72. The lowest BCUT2D eigenvalue weighted by molar-refractivity contribution is 0.0999. The van der Waals surface area contributed by atoms with Crippen molar-refractivity contribution in [1.82, 2.24) is 9.97 Å². The smallest absolute Gasteiger partial charge is 0.255 e. The normalized spacial score (nSPS) is 11.5. The fourth-order valence-electron chi connectivity index (χ4n) is 4.72. The Kier molecular flexibility index (Phi) is 6.33. The van der Waals surface area contributed by atoms with E-state index in [0.717, 1.165) is 39.0 Å². The van der Waals surface area contributed by atoms with E-state index in [-0.39, 0.29) is 11.3 Å². The first-order valence-electron chi connectivity index (χ1n) is 12.5. The number of pyridine rings is 1. The number of nitrogens with one attached hydrogen (secondary N) is 2. The van der Waals surface area contributed by atoms with Crippen LogP contribution in [0.4, 0.5) is 5.69 Å². The highest BCUT2D eigenvalue weighted by molar-refractivity contribution is 6.11. The number of benzene rings is 3. The quantitative estimate of drug-likeness (QED) is 0.245. The van der Waals surface area contributed by atoms with Crippen molar-refractivity contribution in [1.29, 1.82) is 0 Å². The molecule has 6 nitrogen and oxygen atoms in total. The number of H-pyrrole nitrogens is 1. The molecule has 190 valence electrons. The predicted octanol–water partition coefficient (Wildman–Crippen LogP) is 6.85. The van der Waals surface area contributed by atoms with Gasteiger partial charge in [0.25, 0.3) is 11.8 Å². The van der Waals surface area contributed by atoms with Gasteiger partial charge in [0, 0.05) is 40.3 Å². The van der Waals surface area contributed by atoms with Gasteiger partial charge in [0.15, 0.2) is 0 Å². The minimum atomic E-state index is -0.503. The molecule has 0 bridgehead atoms. The van der Waals surface area contributed by atoms with E-state index in [4.69, 9.17) is 5.73 Å². The van der Waals surface area contributed by atoms with Gasteiger partial charge in [-0.1, -0.05) is 51.1 Å². The van der Waals surface area contributed by atoms with Crippen LogP contribution in [0.5, 0.6) is 0 Å². The summed E-state index contributed by atoms with van der Waals surface area (Å²) in [5, 5.41) is 3.94. The number of fused-ring (bicyclic) bond motifs is 1. The Morgan fingerprint density at radius 1 is 0.921 bits per heavy atom. The summed E-state index contributed by atoms with van der Waals surface area (Å²) in [6.45, 7) is 8.42. The lowest BCUT2D eigenvalue weighted by atomic mass is 9.86. The minimum Gasteiger partial charge on any atom is -0.366 e. The third kappa shape index (κ3) is 4.68. The Hall–Kier alpha value is -4.71. The first-order chi connectivity index (χ1) is 18.1. The van der Waals surface area contributed by atoms with Gasteiger partial charge in [0.05, 0.1) is 11.1 Å². The van der Waals surface area contributed by atoms with Crippen molar-refractivity contribution in [2.24, 2.45) is 5.73 Å². The van der Waals surface area contributed by atoms with Crippen LogP contribution in [-0.4, -0.2) is 21.8 Å². The molecular weight excluding hydrogens is 472 g/mol. The molecule has 2 aromatic heterocycles. The van der Waals surface area contributed by atoms with E-state index in [1.54, 1.807) is 18.5 Å². The standard InChI is InChI=1S/C32H30N4O2/c1-19-23(8-5-9-27(19)36-31(38)20-10-12-22(13-11-20)32(2,3)4)24-14-15-25(30(33)37)29-26(24)17-28(35-29)21-7-6-16-34-18-21/h5-18,35H,1-4H3,(H2,33,37)(H,36,38). The molecule has 3 aromatic carbocycles. The monoisotopic (exact) mass is 502 g/mol. The molecule has 0 unspecified atom stereocenters. The highest BCUT2D eigenvalue weighted by Gasteiger charge is 2.18. The second-order valence-corrected chi connectivity index (χ2v) is 10.5. The van der Waals surface area contributed by atoms with Crippen molar-refractivity contribution in [3.63, 3.8) is 0 Å². The van der Waals surface area contributed by atoms with Crippen molar-refractivity contribution in [2.45, 2.75) is 33.1 Å². The van der Waals surface area contributed by atoms with Crippen LogP contribution in [0, 0.1) is 6.92 Å². The van der Waals surface area contributed by atoms with E-state index in [0.29, 0.717) is 16.6 Å². The van der Waals surface area contributed by atoms with E-state index in [9.17, 15) is 9.59 Å². The van der Waals surface area contributed by atoms with Crippen LogP contribution < -0.4 is 11.1 Å². The predicted molar refractivity (Wildman–Crippen MR) is 153 cm³/mol. The fraction of sp³-hybridized carbons (Fsp3) is 0.156. The zero-order valence-electron chi connectivity index (χ0n) is 21.9. The summed E-state index contributed by atoms with van der Waals surface area (Å²) >= 11 is 0. The highest BCUT2D eigenvalue weighted by Crippen LogP contribution is 2.37. The molecule has 0 radical (unpaired) electrons. The Bertz CT molecular complexity index is 1660. The maximum absolute atomic E-state index is 13.1. The van der Waals surface area contributed by atoms with Gasteiger partial charge in [-0.2, -0.15) is 0 Å². The molecule has 5 aromatic rings. The number of aromatic nitrogens is 2. The van der Waals surface area contributed by atoms with Gasteiger partial charge in [0.2, 0.25) is 0 Å². The summed E-state index contributed by atoms with van der Waals surface area (Å²) in [5.41, 5.74) is 13.8. The molecule has 0 atom stereocenters. The van der Waals surface area contributed by atoms with Crippen molar-refractivity contribution >= 4 is 28.4 Å². The summed E-state index contributed by atoms with van der Waals surface area (Å²) in [6, 6.07) is 23.0. The second kappa shape index (κ2) is 9.63. The van der Waals surface area contributed by atoms with Crippen molar-refractivity contribution in [3.8, 4) is 22.4 Å². The maximum Gasteiger partial charge on any atom is 0.255 e. The Labute approximate surface area is 221 Å². The van der Waals surface area contributed by atoms with Gasteiger partial charge in [-0.05, 0) is 77.1 Å². The average Bonchev–Trinajstić information content (AvgIpc) is 3.35. The largest absolute Gasteiger partial charge is 0.366 e. The van der Waals surface area contributed by atoms with Gasteiger partial charge in [-0.15, -0.1) is 0 Å². The molecular formula is C32H30N4O2. The zero-order valence-corrected chi connectivity index (χ0v) is 21.9. The summed E-state index contributed by atoms with van der Waals surface area (Å²) in [5.74, 6) is -0.670. The van der Waals surface area contributed by atoms with Gasteiger partial charge < -0.3 is 16.0 Å². The molecule has 2 amide bonds. The third-order valence-electron chi connectivity index (χ3n) is 6.92. The van der Waals surface area contributed by atoms with E-state index in [2.05, 4.69) is 36.1 Å². The molecule has 4 N–H and O–H groups in total. The van der Waals surface area contributed by atoms with Crippen molar-refractivity contribution < 1.29 is 9.59 Å². The number of nitrogens with two attached hydrogens (primary N) is 1. The molecule has 0 aliphatic carbocycles. The lowest BCUT2D eigenvalue weighted by Gasteiger charge is -2.19. The zero-order chi connectivity index (χ0) is 27.0. The summed E-state index contributed by atoms with van der Waals surface area (Å²) < 4.78 is 0. The van der Waals surface area contributed by atoms with Crippen LogP contribution in [0.15, 0.2) is 85.2 Å². The van der Waals surface area contributed by atoms with E-state index >= 15 is 0 Å². The molecule has 0 aliphatic rings. The Balaban J connectivity index is 1.54. The van der Waals surface area contributed by atoms with E-state index in [1.807, 2.05) is 73.7 Å². The van der Waals surface area contributed by atoms with Crippen molar-refractivity contribution in [2.75, 3.05) is 5.32 Å². The summed E-state index contributed by atoms with van der Waals surface area (Å²) in [6.07, 6.45) is 3.48. The Morgan fingerprint density at radius 2 is 1.68 bits per heavy atom. The minimum absolute atomic E-state index is 0.0183. The molecule has 6 heteroatoms. The molecule has 0 fully saturated rings. The number of hydrogen-bond donors (Lipinski definition) is 3. The highest BCUT2D eigenvalue weighted by atomic mass is 16.2. The van der Waals surface area contributed by atoms with Crippen LogP contribution in [0.3, 0.4) is 0 Å². The van der Waals surface area contributed by atoms with Crippen LogP contribution >= 0.6 is 0 Å². The number of carbonyl (C=O) groups is 2.